The van der Waals surface area contributed by atoms with Gasteiger partial charge in [0.25, 0.3) is 0 Å². The number of carbonyl (C=O) groups excluding carboxylic acids is 1. The lowest BCUT2D eigenvalue weighted by atomic mass is 9.87. The topological polar surface area (TPSA) is 47.6 Å². The number of amides is 1. The lowest BCUT2D eigenvalue weighted by molar-refractivity contribution is -0.122. The van der Waals surface area contributed by atoms with Crippen molar-refractivity contribution in [1.29, 1.82) is 0 Å². The molecular formula is C23H20FNO3. The van der Waals surface area contributed by atoms with Crippen LogP contribution in [0.2, 0.25) is 0 Å². The molecule has 1 atom stereocenters. The van der Waals surface area contributed by atoms with Gasteiger partial charge in [-0.15, -0.1) is 0 Å². The highest BCUT2D eigenvalue weighted by molar-refractivity contribution is 5.89. The van der Waals surface area contributed by atoms with E-state index in [9.17, 15) is 9.18 Å². The minimum Gasteiger partial charge on any atom is -0.457 e. The Morgan fingerprint density at radius 3 is 2.29 bits per heavy atom. The molecule has 0 fully saturated rings. The third kappa shape index (κ3) is 3.49. The van der Waals surface area contributed by atoms with Crippen LogP contribution in [0.3, 0.4) is 0 Å². The number of hydrogen-bond acceptors (Lipinski definition) is 3. The van der Waals surface area contributed by atoms with E-state index in [2.05, 4.69) is 5.32 Å². The van der Waals surface area contributed by atoms with Crippen LogP contribution < -0.4 is 10.1 Å². The molecule has 3 aromatic rings. The lowest BCUT2D eigenvalue weighted by Crippen LogP contribution is -2.34. The minimum atomic E-state index is -0.480. The van der Waals surface area contributed by atoms with Crippen molar-refractivity contribution in [3.63, 3.8) is 0 Å². The molecule has 0 radical (unpaired) electrons. The highest BCUT2D eigenvalue weighted by atomic mass is 19.1. The van der Waals surface area contributed by atoms with Gasteiger partial charge >= 0.3 is 0 Å². The molecule has 1 amide bonds. The van der Waals surface area contributed by atoms with E-state index in [0.29, 0.717) is 17.1 Å². The normalized spacial score (nSPS) is 13.8. The summed E-state index contributed by atoms with van der Waals surface area (Å²) in [5, 5.41) is 2.96. The minimum absolute atomic E-state index is 0.151. The van der Waals surface area contributed by atoms with Crippen molar-refractivity contribution in [3.8, 4) is 11.5 Å². The number of nitrogens with one attached hydrogen (secondary N) is 1. The van der Waals surface area contributed by atoms with Crippen molar-refractivity contribution in [2.75, 3.05) is 13.7 Å². The predicted molar refractivity (Wildman–Crippen MR) is 104 cm³/mol. The fraction of sp³-hybridized carbons (Fsp3) is 0.174. The second-order valence-electron chi connectivity index (χ2n) is 6.64. The van der Waals surface area contributed by atoms with Gasteiger partial charge in [-0.25, -0.2) is 4.39 Å². The smallest absolute Gasteiger partial charge is 0.232 e. The van der Waals surface area contributed by atoms with Gasteiger partial charge in [-0.05, 0) is 29.8 Å². The molecule has 1 aliphatic rings. The first kappa shape index (κ1) is 18.2. The summed E-state index contributed by atoms with van der Waals surface area (Å²) in [7, 11) is 1.54. The van der Waals surface area contributed by atoms with Gasteiger partial charge in [-0.2, -0.15) is 0 Å². The summed E-state index contributed by atoms with van der Waals surface area (Å²) >= 11 is 0. The van der Waals surface area contributed by atoms with Crippen LogP contribution in [0.15, 0.2) is 72.8 Å². The van der Waals surface area contributed by atoms with E-state index in [1.54, 1.807) is 19.2 Å². The van der Waals surface area contributed by atoms with E-state index >= 15 is 0 Å². The number of hydrogen-bond donors (Lipinski definition) is 1. The number of rotatable bonds is 5. The zero-order valence-corrected chi connectivity index (χ0v) is 15.4. The summed E-state index contributed by atoms with van der Waals surface area (Å²) in [6.45, 7) is 0.237. The molecule has 1 heterocycles. The number of carbonyl (C=O) groups is 1. The van der Waals surface area contributed by atoms with Crippen LogP contribution in [0.5, 0.6) is 11.5 Å². The van der Waals surface area contributed by atoms with Gasteiger partial charge in [0.2, 0.25) is 5.91 Å². The summed E-state index contributed by atoms with van der Waals surface area (Å²) < 4.78 is 24.9. The van der Waals surface area contributed by atoms with Gasteiger partial charge in [0, 0.05) is 24.8 Å². The predicted octanol–water partition coefficient (Wildman–Crippen LogP) is 4.57. The highest BCUT2D eigenvalue weighted by Crippen LogP contribution is 2.43. The van der Waals surface area contributed by atoms with Crippen molar-refractivity contribution in [2.45, 2.75) is 12.0 Å². The van der Waals surface area contributed by atoms with Crippen LogP contribution in [0.25, 0.3) is 0 Å². The van der Waals surface area contributed by atoms with Crippen molar-refractivity contribution >= 4 is 5.91 Å². The zero-order chi connectivity index (χ0) is 19.5. The maximum atomic E-state index is 13.5. The van der Waals surface area contributed by atoms with Crippen LogP contribution >= 0.6 is 0 Å². The molecule has 0 unspecified atom stereocenters. The number of benzene rings is 3. The van der Waals surface area contributed by atoms with Crippen molar-refractivity contribution in [1.82, 2.24) is 5.32 Å². The van der Waals surface area contributed by atoms with Gasteiger partial charge < -0.3 is 14.8 Å². The molecule has 0 saturated carbocycles. The monoisotopic (exact) mass is 377 g/mol. The fourth-order valence-electron chi connectivity index (χ4n) is 3.53. The van der Waals surface area contributed by atoms with E-state index in [-0.39, 0.29) is 18.3 Å². The molecule has 142 valence electrons. The summed E-state index contributed by atoms with van der Waals surface area (Å²) in [6, 6.07) is 21.3. The van der Waals surface area contributed by atoms with E-state index in [1.165, 1.54) is 12.1 Å². The van der Waals surface area contributed by atoms with Gasteiger partial charge in [0.1, 0.15) is 17.3 Å². The van der Waals surface area contributed by atoms with Gasteiger partial charge in [0.05, 0.1) is 12.0 Å². The fourth-order valence-corrected chi connectivity index (χ4v) is 3.53. The molecule has 0 saturated heterocycles. The molecular weight excluding hydrogens is 357 g/mol. The lowest BCUT2D eigenvalue weighted by Gasteiger charge is -2.28. The quantitative estimate of drug-likeness (QED) is 0.709. The first-order chi connectivity index (χ1) is 13.7. The number of ether oxygens (including phenoxy) is 2. The molecule has 1 N–H and O–H groups in total. The second kappa shape index (κ2) is 7.82. The summed E-state index contributed by atoms with van der Waals surface area (Å²) in [5.74, 6) is 0.385. The van der Waals surface area contributed by atoms with Gasteiger partial charge in [0.15, 0.2) is 0 Å². The Kier molecular flexibility index (Phi) is 5.08. The first-order valence-corrected chi connectivity index (χ1v) is 9.09. The number of para-hydroxylation sites is 2. The Hall–Kier alpha value is -3.18. The number of fused-ring (bicyclic) bond motifs is 2. The number of methoxy groups -OCH3 is 1. The Morgan fingerprint density at radius 1 is 1.04 bits per heavy atom. The van der Waals surface area contributed by atoms with Crippen LogP contribution in [0.4, 0.5) is 4.39 Å². The van der Waals surface area contributed by atoms with Gasteiger partial charge in [-0.3, -0.25) is 4.79 Å². The molecule has 4 nitrogen and oxygen atoms in total. The molecule has 3 aromatic carbocycles. The Bertz CT molecular complexity index is 959. The molecule has 0 bridgehead atoms. The molecule has 0 spiro atoms. The number of halogens is 1. The Balaban J connectivity index is 1.58. The molecule has 5 heteroatoms. The average molecular weight is 377 g/mol. The summed E-state index contributed by atoms with van der Waals surface area (Å²) in [5.41, 5.74) is 2.31. The largest absolute Gasteiger partial charge is 0.457 e. The van der Waals surface area contributed by atoms with E-state index in [4.69, 9.17) is 9.47 Å². The maximum absolute atomic E-state index is 13.5. The molecule has 4 rings (SSSR count). The Labute approximate surface area is 162 Å². The zero-order valence-electron chi connectivity index (χ0n) is 15.4. The summed E-state index contributed by atoms with van der Waals surface area (Å²) in [6.07, 6.45) is -0.440. The van der Waals surface area contributed by atoms with Crippen LogP contribution in [0.1, 0.15) is 28.7 Å². The van der Waals surface area contributed by atoms with E-state index in [1.807, 2.05) is 48.5 Å². The van der Waals surface area contributed by atoms with Crippen molar-refractivity contribution < 1.29 is 18.7 Å². The molecule has 1 aliphatic heterocycles. The third-order valence-corrected chi connectivity index (χ3v) is 4.91. The van der Waals surface area contributed by atoms with E-state index in [0.717, 1.165) is 11.1 Å². The van der Waals surface area contributed by atoms with Gasteiger partial charge in [-0.1, -0.05) is 48.5 Å². The Morgan fingerprint density at radius 2 is 1.68 bits per heavy atom. The molecule has 0 aliphatic carbocycles. The second-order valence-corrected chi connectivity index (χ2v) is 6.64. The SMILES string of the molecule is CO[C@@H](CNC(=O)C1c2ccccc2Oc2ccccc21)c1cccc(F)c1. The van der Waals surface area contributed by atoms with E-state index < -0.39 is 12.0 Å². The van der Waals surface area contributed by atoms with Crippen LogP contribution in [-0.2, 0) is 9.53 Å². The average Bonchev–Trinajstić information content (AvgIpc) is 2.72. The molecule has 28 heavy (non-hydrogen) atoms. The molecule has 0 aromatic heterocycles. The maximum Gasteiger partial charge on any atom is 0.232 e. The van der Waals surface area contributed by atoms with Crippen LogP contribution in [-0.4, -0.2) is 19.6 Å². The van der Waals surface area contributed by atoms with Crippen LogP contribution in [0, 0.1) is 5.82 Å². The van der Waals surface area contributed by atoms with Crippen molar-refractivity contribution in [2.24, 2.45) is 0 Å². The highest BCUT2D eigenvalue weighted by Gasteiger charge is 2.32. The third-order valence-electron chi connectivity index (χ3n) is 4.91. The van der Waals surface area contributed by atoms with Crippen molar-refractivity contribution in [3.05, 3.63) is 95.3 Å². The first-order valence-electron chi connectivity index (χ1n) is 9.09. The summed E-state index contributed by atoms with van der Waals surface area (Å²) in [4.78, 5) is 13.1. The standard InChI is InChI=1S/C23H20FNO3/c1-27-21(15-7-6-8-16(24)13-15)14-25-23(26)22-17-9-2-4-11-19(17)28-20-12-5-3-10-18(20)22/h2-13,21-22H,14H2,1H3,(H,25,26)/t21-/m0/s1.